The molecule has 0 saturated heterocycles. The van der Waals surface area contributed by atoms with Crippen LogP contribution in [0.2, 0.25) is 0 Å². The number of benzene rings is 1. The monoisotopic (exact) mass is 398 g/mol. The lowest BCUT2D eigenvalue weighted by Gasteiger charge is -2.11. The number of nitrogens with zero attached hydrogens (tertiary/aromatic N) is 3. The summed E-state index contributed by atoms with van der Waals surface area (Å²) in [7, 11) is 3.87. The largest absolute Gasteiger partial charge is 0.433 e. The van der Waals surface area contributed by atoms with Crippen molar-refractivity contribution in [3.8, 4) is 11.3 Å². The standard InChI is InChI=1S/C18H21F3N4OS/c1-25(2)10-6-9-22-16(26)12-27-17-23-14(13-7-4-3-5-8-13)11-15(24-17)18(19,20)21/h3-5,7-8,11H,6,9-10,12H2,1-2H3,(H,22,26). The van der Waals surface area contributed by atoms with Gasteiger partial charge in [-0.05, 0) is 33.1 Å². The molecule has 0 aliphatic carbocycles. The van der Waals surface area contributed by atoms with Crippen LogP contribution in [0.15, 0.2) is 41.6 Å². The molecule has 0 bridgehead atoms. The Balaban J connectivity index is 2.06. The Kier molecular flexibility index (Phi) is 7.61. The lowest BCUT2D eigenvalue weighted by Crippen LogP contribution is -2.28. The second-order valence-corrected chi connectivity index (χ2v) is 7.02. The summed E-state index contributed by atoms with van der Waals surface area (Å²) in [4.78, 5) is 21.6. The van der Waals surface area contributed by atoms with E-state index < -0.39 is 11.9 Å². The minimum absolute atomic E-state index is 0.0441. The number of hydrogen-bond donors (Lipinski definition) is 1. The van der Waals surface area contributed by atoms with E-state index in [1.807, 2.05) is 19.0 Å². The van der Waals surface area contributed by atoms with Crippen LogP contribution in [0.5, 0.6) is 0 Å². The zero-order chi connectivity index (χ0) is 19.9. The molecule has 1 aromatic carbocycles. The first-order valence-corrected chi connectivity index (χ1v) is 9.30. The summed E-state index contributed by atoms with van der Waals surface area (Å²) in [6.07, 6.45) is -3.79. The summed E-state index contributed by atoms with van der Waals surface area (Å²) in [6, 6.07) is 9.48. The molecule has 0 aliphatic heterocycles. The van der Waals surface area contributed by atoms with E-state index in [9.17, 15) is 18.0 Å². The fourth-order valence-corrected chi connectivity index (χ4v) is 2.88. The van der Waals surface area contributed by atoms with E-state index in [4.69, 9.17) is 0 Å². The molecule has 9 heteroatoms. The van der Waals surface area contributed by atoms with Crippen LogP contribution in [-0.2, 0) is 11.0 Å². The molecule has 0 atom stereocenters. The molecule has 0 aliphatic rings. The summed E-state index contributed by atoms with van der Waals surface area (Å²) in [5.74, 6) is -0.307. The van der Waals surface area contributed by atoms with Crippen LogP contribution in [0.1, 0.15) is 12.1 Å². The summed E-state index contributed by atoms with van der Waals surface area (Å²) >= 11 is 0.887. The number of hydrogen-bond acceptors (Lipinski definition) is 5. The Bertz CT molecular complexity index is 754. The zero-order valence-corrected chi connectivity index (χ0v) is 15.9. The molecule has 1 aromatic heterocycles. The number of halogens is 3. The first-order chi connectivity index (χ1) is 12.8. The fourth-order valence-electron chi connectivity index (χ4n) is 2.20. The molecular weight excluding hydrogens is 377 g/mol. The van der Waals surface area contributed by atoms with Gasteiger partial charge in [-0.15, -0.1) is 0 Å². The van der Waals surface area contributed by atoms with E-state index in [2.05, 4.69) is 15.3 Å². The number of carbonyl (C=O) groups excluding carboxylic acids is 1. The predicted molar refractivity (Wildman–Crippen MR) is 99.4 cm³/mol. The second kappa shape index (κ2) is 9.70. The van der Waals surface area contributed by atoms with Crippen molar-refractivity contribution in [1.29, 1.82) is 0 Å². The van der Waals surface area contributed by atoms with Crippen molar-refractivity contribution in [2.24, 2.45) is 0 Å². The van der Waals surface area contributed by atoms with Crippen LogP contribution in [0.25, 0.3) is 11.3 Å². The van der Waals surface area contributed by atoms with E-state index in [0.717, 1.165) is 30.8 Å². The predicted octanol–water partition coefficient (Wildman–Crippen LogP) is 3.32. The highest BCUT2D eigenvalue weighted by Crippen LogP contribution is 2.31. The van der Waals surface area contributed by atoms with Crippen LogP contribution >= 0.6 is 11.8 Å². The average molecular weight is 398 g/mol. The van der Waals surface area contributed by atoms with E-state index in [1.165, 1.54) is 0 Å². The Morgan fingerprint density at radius 2 is 1.89 bits per heavy atom. The lowest BCUT2D eigenvalue weighted by atomic mass is 10.1. The molecule has 1 amide bonds. The lowest BCUT2D eigenvalue weighted by molar-refractivity contribution is -0.141. The molecule has 0 saturated carbocycles. The summed E-state index contributed by atoms with van der Waals surface area (Å²) < 4.78 is 39.5. The van der Waals surface area contributed by atoms with Gasteiger partial charge in [-0.2, -0.15) is 13.2 Å². The van der Waals surface area contributed by atoms with Crippen LogP contribution < -0.4 is 5.32 Å². The maximum Gasteiger partial charge on any atom is 0.433 e. The van der Waals surface area contributed by atoms with E-state index >= 15 is 0 Å². The van der Waals surface area contributed by atoms with Crippen molar-refractivity contribution < 1.29 is 18.0 Å². The van der Waals surface area contributed by atoms with Gasteiger partial charge in [0.2, 0.25) is 5.91 Å². The van der Waals surface area contributed by atoms with Crippen molar-refractivity contribution in [3.63, 3.8) is 0 Å². The number of carbonyl (C=O) groups is 1. The molecule has 2 aromatic rings. The average Bonchev–Trinajstić information content (AvgIpc) is 2.63. The third-order valence-corrected chi connectivity index (χ3v) is 4.35. The van der Waals surface area contributed by atoms with E-state index in [1.54, 1.807) is 30.3 Å². The fraction of sp³-hybridized carbons (Fsp3) is 0.389. The van der Waals surface area contributed by atoms with Gasteiger partial charge in [0.15, 0.2) is 5.16 Å². The van der Waals surface area contributed by atoms with E-state index in [0.29, 0.717) is 12.1 Å². The van der Waals surface area contributed by atoms with Crippen LogP contribution in [0.4, 0.5) is 13.2 Å². The van der Waals surface area contributed by atoms with Crippen molar-refractivity contribution in [2.45, 2.75) is 17.8 Å². The third-order valence-electron chi connectivity index (χ3n) is 3.50. The molecule has 0 spiro atoms. The second-order valence-electron chi connectivity index (χ2n) is 6.08. The Morgan fingerprint density at radius 3 is 2.52 bits per heavy atom. The normalized spacial score (nSPS) is 11.6. The Morgan fingerprint density at radius 1 is 1.19 bits per heavy atom. The molecule has 27 heavy (non-hydrogen) atoms. The topological polar surface area (TPSA) is 58.1 Å². The molecule has 0 radical (unpaired) electrons. The first kappa shape index (κ1) is 21.2. The highest BCUT2D eigenvalue weighted by Gasteiger charge is 2.33. The van der Waals surface area contributed by atoms with Gasteiger partial charge in [-0.25, -0.2) is 9.97 Å². The molecule has 2 rings (SSSR count). The highest BCUT2D eigenvalue weighted by atomic mass is 32.2. The number of rotatable bonds is 8. The van der Waals surface area contributed by atoms with Crippen molar-refractivity contribution >= 4 is 17.7 Å². The van der Waals surface area contributed by atoms with Gasteiger partial charge in [-0.3, -0.25) is 4.79 Å². The number of thioether (sulfide) groups is 1. The Labute approximate surface area is 160 Å². The maximum absolute atomic E-state index is 13.2. The summed E-state index contributed by atoms with van der Waals surface area (Å²) in [6.45, 7) is 1.35. The zero-order valence-electron chi connectivity index (χ0n) is 15.1. The minimum atomic E-state index is -4.59. The maximum atomic E-state index is 13.2. The van der Waals surface area contributed by atoms with Gasteiger partial charge in [0.25, 0.3) is 0 Å². The molecule has 1 heterocycles. The molecule has 5 nitrogen and oxygen atoms in total. The van der Waals surface area contributed by atoms with Crippen LogP contribution in [-0.4, -0.2) is 53.7 Å². The smallest absolute Gasteiger partial charge is 0.355 e. The number of nitrogens with one attached hydrogen (secondary N) is 1. The van der Waals surface area contributed by atoms with Crippen molar-refractivity contribution in [3.05, 3.63) is 42.1 Å². The first-order valence-electron chi connectivity index (χ1n) is 8.31. The molecular formula is C18H21F3N4OS. The quantitative estimate of drug-likeness (QED) is 0.420. The molecule has 0 unspecified atom stereocenters. The van der Waals surface area contributed by atoms with Crippen molar-refractivity contribution in [1.82, 2.24) is 20.2 Å². The van der Waals surface area contributed by atoms with Gasteiger partial charge in [-0.1, -0.05) is 42.1 Å². The molecule has 1 N–H and O–H groups in total. The van der Waals surface area contributed by atoms with Gasteiger partial charge in [0, 0.05) is 12.1 Å². The highest BCUT2D eigenvalue weighted by molar-refractivity contribution is 7.99. The van der Waals surface area contributed by atoms with Gasteiger partial charge in [0.05, 0.1) is 11.4 Å². The van der Waals surface area contributed by atoms with Gasteiger partial charge >= 0.3 is 6.18 Å². The molecule has 146 valence electrons. The SMILES string of the molecule is CN(C)CCCNC(=O)CSc1nc(-c2ccccc2)cc(C(F)(F)F)n1. The summed E-state index contributed by atoms with van der Waals surface area (Å²) in [5, 5.41) is 2.66. The van der Waals surface area contributed by atoms with Crippen molar-refractivity contribution in [2.75, 3.05) is 32.9 Å². The summed E-state index contributed by atoms with van der Waals surface area (Å²) in [5.41, 5.74) is -0.294. The Hall–Kier alpha value is -2.13. The number of aromatic nitrogens is 2. The van der Waals surface area contributed by atoms with Gasteiger partial charge in [0.1, 0.15) is 5.69 Å². The third kappa shape index (κ3) is 7.18. The number of alkyl halides is 3. The van der Waals surface area contributed by atoms with Crippen LogP contribution in [0, 0.1) is 0 Å². The van der Waals surface area contributed by atoms with Gasteiger partial charge < -0.3 is 10.2 Å². The molecule has 0 fully saturated rings. The minimum Gasteiger partial charge on any atom is -0.355 e. The van der Waals surface area contributed by atoms with E-state index in [-0.39, 0.29) is 22.5 Å². The number of amides is 1. The van der Waals surface area contributed by atoms with Crippen LogP contribution in [0.3, 0.4) is 0 Å².